The van der Waals surface area contributed by atoms with E-state index in [-0.39, 0.29) is 48.2 Å². The molecule has 1 aromatic carbocycles. The summed E-state index contributed by atoms with van der Waals surface area (Å²) in [5, 5.41) is 33.7. The van der Waals surface area contributed by atoms with Crippen LogP contribution in [-0.2, 0) is 14.3 Å². The molecular weight excluding hydrogens is 492 g/mol. The molecule has 0 aromatic heterocycles. The Hall–Kier alpha value is -2.96. The fourth-order valence-electron chi connectivity index (χ4n) is 6.48. The third-order valence-electron chi connectivity index (χ3n) is 8.90. The minimum atomic E-state index is -1.28. The van der Waals surface area contributed by atoms with E-state index in [0.717, 1.165) is 17.6 Å². The van der Waals surface area contributed by atoms with Crippen LogP contribution in [0.4, 0.5) is 0 Å². The van der Waals surface area contributed by atoms with Gasteiger partial charge in [0.25, 0.3) is 0 Å². The quantitative estimate of drug-likeness (QED) is 0.171. The highest BCUT2D eigenvalue weighted by atomic mass is 16.5. The average molecular weight is 535 g/mol. The first-order chi connectivity index (χ1) is 18.1. The van der Waals surface area contributed by atoms with Gasteiger partial charge in [-0.15, -0.1) is 0 Å². The highest BCUT2D eigenvalue weighted by Crippen LogP contribution is 2.56. The Kier molecular flexibility index (Phi) is 7.61. The standard InChI is InChI=1S/C33H42O6/c1-19(2)13-16-33-18-25(31(5,6)37)39-30(33)23(17-24-22(20(3)4)14-15-32(24,7)38)28(35)26(29(33)36)27(34)21-11-9-8-10-12-21/h8-13,22,24-25,34,37-38H,3,14-18H2,1-2,4-7H3/b27-26+/t22-,24-,25-,32+,33+/m0/s1. The lowest BCUT2D eigenvalue weighted by Crippen LogP contribution is -2.42. The molecule has 3 N–H and O–H groups in total. The smallest absolute Gasteiger partial charge is 0.199 e. The van der Waals surface area contributed by atoms with Gasteiger partial charge in [-0.3, -0.25) is 9.59 Å². The average Bonchev–Trinajstić information content (AvgIpc) is 3.39. The van der Waals surface area contributed by atoms with E-state index < -0.39 is 34.3 Å². The van der Waals surface area contributed by atoms with Crippen molar-refractivity contribution in [2.45, 2.75) is 91.0 Å². The molecule has 0 radical (unpaired) electrons. The molecule has 1 saturated carbocycles. The molecule has 3 aliphatic rings. The molecule has 4 rings (SSSR count). The lowest BCUT2D eigenvalue weighted by atomic mass is 9.64. The van der Waals surface area contributed by atoms with Crippen LogP contribution in [0, 0.1) is 17.3 Å². The van der Waals surface area contributed by atoms with Gasteiger partial charge in [-0.25, -0.2) is 0 Å². The van der Waals surface area contributed by atoms with Crippen LogP contribution in [-0.4, -0.2) is 44.2 Å². The Morgan fingerprint density at radius 3 is 2.38 bits per heavy atom. The van der Waals surface area contributed by atoms with Crippen LogP contribution in [0.2, 0.25) is 0 Å². The zero-order chi connectivity index (χ0) is 28.9. The zero-order valence-corrected chi connectivity index (χ0v) is 24.0. The number of aliphatic hydroxyl groups is 3. The zero-order valence-electron chi connectivity index (χ0n) is 24.0. The second kappa shape index (κ2) is 10.2. The Morgan fingerprint density at radius 2 is 1.82 bits per heavy atom. The van der Waals surface area contributed by atoms with Crippen LogP contribution in [0.3, 0.4) is 0 Å². The molecule has 39 heavy (non-hydrogen) atoms. The third-order valence-corrected chi connectivity index (χ3v) is 8.90. The summed E-state index contributed by atoms with van der Waals surface area (Å²) in [6.07, 6.45) is 3.14. The van der Waals surface area contributed by atoms with E-state index in [2.05, 4.69) is 6.58 Å². The molecule has 0 unspecified atom stereocenters. The van der Waals surface area contributed by atoms with E-state index in [1.54, 1.807) is 51.1 Å². The van der Waals surface area contributed by atoms with E-state index >= 15 is 0 Å². The first-order valence-electron chi connectivity index (χ1n) is 13.8. The van der Waals surface area contributed by atoms with Crippen molar-refractivity contribution in [2.75, 3.05) is 0 Å². The summed E-state index contributed by atoms with van der Waals surface area (Å²) in [5.41, 5.74) is -1.23. The van der Waals surface area contributed by atoms with E-state index in [1.807, 2.05) is 26.8 Å². The number of carbonyl (C=O) groups is 2. The van der Waals surface area contributed by atoms with Crippen molar-refractivity contribution < 1.29 is 29.6 Å². The monoisotopic (exact) mass is 534 g/mol. The summed E-state index contributed by atoms with van der Waals surface area (Å²) < 4.78 is 6.38. The number of carbonyl (C=O) groups excluding carboxylic acids is 2. The first kappa shape index (κ1) is 29.0. The van der Waals surface area contributed by atoms with Crippen LogP contribution in [0.25, 0.3) is 5.76 Å². The number of allylic oxidation sites excluding steroid dienone is 6. The van der Waals surface area contributed by atoms with Crippen LogP contribution in [0.5, 0.6) is 0 Å². The molecule has 2 fully saturated rings. The van der Waals surface area contributed by atoms with E-state index in [0.29, 0.717) is 17.6 Å². The van der Waals surface area contributed by atoms with Gasteiger partial charge in [0, 0.05) is 17.6 Å². The fourth-order valence-corrected chi connectivity index (χ4v) is 6.48. The van der Waals surface area contributed by atoms with E-state index in [9.17, 15) is 24.9 Å². The van der Waals surface area contributed by atoms with Gasteiger partial charge >= 0.3 is 0 Å². The maximum absolute atomic E-state index is 14.4. The van der Waals surface area contributed by atoms with E-state index in [1.165, 1.54) is 0 Å². The second-order valence-electron chi connectivity index (χ2n) is 12.7. The maximum atomic E-state index is 14.4. The molecule has 1 aromatic rings. The van der Waals surface area contributed by atoms with Crippen molar-refractivity contribution in [2.24, 2.45) is 17.3 Å². The molecule has 0 spiro atoms. The van der Waals surface area contributed by atoms with Gasteiger partial charge in [-0.05, 0) is 79.1 Å². The highest BCUT2D eigenvalue weighted by molar-refractivity contribution is 6.34. The Morgan fingerprint density at radius 1 is 1.18 bits per heavy atom. The summed E-state index contributed by atoms with van der Waals surface area (Å²) in [5.74, 6) is -1.49. The van der Waals surface area contributed by atoms with Crippen LogP contribution in [0.1, 0.15) is 79.2 Å². The maximum Gasteiger partial charge on any atom is 0.199 e. The predicted molar refractivity (Wildman–Crippen MR) is 152 cm³/mol. The topological polar surface area (TPSA) is 104 Å². The van der Waals surface area contributed by atoms with Crippen molar-refractivity contribution in [1.82, 2.24) is 0 Å². The third kappa shape index (κ3) is 5.17. The summed E-state index contributed by atoms with van der Waals surface area (Å²) in [6, 6.07) is 8.59. The molecule has 0 bridgehead atoms. The number of ketones is 2. The fraction of sp³-hybridized carbons (Fsp3) is 0.515. The number of ether oxygens (including phenoxy) is 1. The largest absolute Gasteiger partial charge is 0.506 e. The molecule has 1 heterocycles. The summed E-state index contributed by atoms with van der Waals surface area (Å²) in [7, 11) is 0. The van der Waals surface area contributed by atoms with Crippen molar-refractivity contribution >= 4 is 17.3 Å². The predicted octanol–water partition coefficient (Wildman–Crippen LogP) is 6.01. The van der Waals surface area contributed by atoms with Crippen LogP contribution >= 0.6 is 0 Å². The van der Waals surface area contributed by atoms with Crippen molar-refractivity contribution in [3.8, 4) is 0 Å². The molecule has 6 nitrogen and oxygen atoms in total. The van der Waals surface area contributed by atoms with Gasteiger partial charge in [-0.1, -0.05) is 54.1 Å². The number of benzene rings is 1. The van der Waals surface area contributed by atoms with Gasteiger partial charge in [0.15, 0.2) is 11.6 Å². The van der Waals surface area contributed by atoms with Gasteiger partial charge in [0.2, 0.25) is 0 Å². The summed E-state index contributed by atoms with van der Waals surface area (Å²) in [4.78, 5) is 28.6. The Labute approximate surface area is 231 Å². The Bertz CT molecular complexity index is 1270. The van der Waals surface area contributed by atoms with E-state index in [4.69, 9.17) is 4.74 Å². The normalized spacial score (nSPS) is 32.2. The molecule has 6 heteroatoms. The summed E-state index contributed by atoms with van der Waals surface area (Å²) in [6.45, 7) is 15.0. The SMILES string of the molecule is C=C(C)[C@@H]1CC[C@@](C)(O)[C@H]1CC1=C2O[C@H](C(C)(C)O)C[C@]2(CC=C(C)C)C(=O)/C(=C(/O)c2ccccc2)C1=O. The Balaban J connectivity index is 1.99. The van der Waals surface area contributed by atoms with Crippen LogP contribution in [0.15, 0.2) is 71.0 Å². The lowest BCUT2D eigenvalue weighted by Gasteiger charge is -2.36. The minimum Gasteiger partial charge on any atom is -0.506 e. The number of hydrogen-bond donors (Lipinski definition) is 3. The number of aliphatic hydroxyl groups excluding tert-OH is 1. The van der Waals surface area contributed by atoms with Gasteiger partial charge in [0.05, 0.1) is 16.6 Å². The van der Waals surface area contributed by atoms with Crippen molar-refractivity contribution in [1.29, 1.82) is 0 Å². The first-order valence-corrected chi connectivity index (χ1v) is 13.8. The van der Waals surface area contributed by atoms with Gasteiger partial charge < -0.3 is 20.1 Å². The molecule has 210 valence electrons. The van der Waals surface area contributed by atoms with Crippen molar-refractivity contribution in [3.05, 3.63) is 76.6 Å². The minimum absolute atomic E-state index is 0.00709. The molecule has 1 aliphatic heterocycles. The van der Waals surface area contributed by atoms with Gasteiger partial charge in [-0.2, -0.15) is 0 Å². The molecule has 1 saturated heterocycles. The number of rotatable bonds is 7. The highest BCUT2D eigenvalue weighted by Gasteiger charge is 2.60. The lowest BCUT2D eigenvalue weighted by molar-refractivity contribution is -0.127. The number of hydrogen-bond acceptors (Lipinski definition) is 6. The second-order valence-corrected chi connectivity index (χ2v) is 12.7. The van der Waals surface area contributed by atoms with Crippen LogP contribution < -0.4 is 0 Å². The summed E-state index contributed by atoms with van der Waals surface area (Å²) >= 11 is 0. The molecule has 0 amide bonds. The number of fused-ring (bicyclic) bond motifs is 1. The molecular formula is C33H42O6. The molecule has 5 atom stereocenters. The molecule has 2 aliphatic carbocycles. The van der Waals surface area contributed by atoms with Gasteiger partial charge in [0.1, 0.15) is 23.2 Å². The number of Topliss-reactive ketones (excluding diaryl/α,β-unsaturated/α-hetero) is 2. The van der Waals surface area contributed by atoms with Crippen molar-refractivity contribution in [3.63, 3.8) is 0 Å².